The molecular weight excluding hydrogens is 262 g/mol. The van der Waals surface area contributed by atoms with Crippen molar-refractivity contribution in [1.82, 2.24) is 5.32 Å². The molecule has 0 amide bonds. The summed E-state index contributed by atoms with van der Waals surface area (Å²) in [7, 11) is 0. The Balaban J connectivity index is 2.20. The fourth-order valence-corrected chi connectivity index (χ4v) is 3.25. The Kier molecular flexibility index (Phi) is 6.52. The lowest BCUT2D eigenvalue weighted by atomic mass is 9.86. The zero-order chi connectivity index (χ0) is 15.1. The summed E-state index contributed by atoms with van der Waals surface area (Å²) in [5.41, 5.74) is 1.32. The number of hydrogen-bond donors (Lipinski definition) is 1. The molecule has 3 heteroatoms. The molecule has 1 aliphatic rings. The van der Waals surface area contributed by atoms with Gasteiger partial charge < -0.3 is 14.8 Å². The van der Waals surface area contributed by atoms with E-state index in [-0.39, 0.29) is 0 Å². The van der Waals surface area contributed by atoms with Crippen LogP contribution in [0.1, 0.15) is 51.6 Å². The molecule has 1 aliphatic heterocycles. The van der Waals surface area contributed by atoms with Gasteiger partial charge in [-0.3, -0.25) is 0 Å². The zero-order valence-electron chi connectivity index (χ0n) is 13.6. The summed E-state index contributed by atoms with van der Waals surface area (Å²) >= 11 is 0. The maximum absolute atomic E-state index is 5.90. The Hall–Kier alpha value is -1.06. The third-order valence-electron chi connectivity index (χ3n) is 4.23. The molecule has 0 radical (unpaired) electrons. The molecule has 118 valence electrons. The molecule has 0 bridgehead atoms. The molecule has 3 atom stereocenters. The van der Waals surface area contributed by atoms with Crippen molar-refractivity contribution in [3.63, 3.8) is 0 Å². The van der Waals surface area contributed by atoms with Crippen LogP contribution in [0.2, 0.25) is 0 Å². The number of benzene rings is 1. The third-order valence-corrected chi connectivity index (χ3v) is 4.23. The molecule has 3 nitrogen and oxygen atoms in total. The number of rotatable bonds is 8. The van der Waals surface area contributed by atoms with Crippen LogP contribution in [0.4, 0.5) is 0 Å². The average molecular weight is 291 g/mol. The maximum atomic E-state index is 5.90. The smallest absolute Gasteiger partial charge is 0.119 e. The Bertz CT molecular complexity index is 421. The van der Waals surface area contributed by atoms with Crippen LogP contribution in [0.15, 0.2) is 24.3 Å². The molecule has 0 saturated carbocycles. The van der Waals surface area contributed by atoms with Crippen molar-refractivity contribution in [2.24, 2.45) is 5.92 Å². The van der Waals surface area contributed by atoms with E-state index in [1.54, 1.807) is 0 Å². The first-order chi connectivity index (χ1) is 10.3. The first-order valence-corrected chi connectivity index (χ1v) is 8.37. The Morgan fingerprint density at radius 3 is 2.90 bits per heavy atom. The summed E-state index contributed by atoms with van der Waals surface area (Å²) in [5.74, 6) is 1.52. The molecule has 1 N–H and O–H groups in total. The van der Waals surface area contributed by atoms with Crippen LogP contribution in [0.25, 0.3) is 0 Å². The lowest BCUT2D eigenvalue weighted by molar-refractivity contribution is 0.0773. The molecule has 21 heavy (non-hydrogen) atoms. The zero-order valence-corrected chi connectivity index (χ0v) is 13.6. The minimum atomic E-state index is 0.359. The molecule has 1 fully saturated rings. The molecule has 1 aromatic carbocycles. The van der Waals surface area contributed by atoms with E-state index in [1.807, 2.05) is 13.0 Å². The molecule has 1 aromatic rings. The van der Waals surface area contributed by atoms with Crippen molar-refractivity contribution >= 4 is 0 Å². The minimum absolute atomic E-state index is 0.359. The highest BCUT2D eigenvalue weighted by atomic mass is 16.5. The predicted molar refractivity (Wildman–Crippen MR) is 86.8 cm³/mol. The monoisotopic (exact) mass is 291 g/mol. The first-order valence-electron chi connectivity index (χ1n) is 8.37. The van der Waals surface area contributed by atoms with Crippen LogP contribution in [-0.4, -0.2) is 25.9 Å². The van der Waals surface area contributed by atoms with Gasteiger partial charge in [-0.25, -0.2) is 0 Å². The SMILES string of the molecule is CCCNC(c1cccc(OCC)c1)C1CCOC1CC. The van der Waals surface area contributed by atoms with E-state index in [9.17, 15) is 0 Å². The largest absolute Gasteiger partial charge is 0.494 e. The molecular formula is C18H29NO2. The number of hydrogen-bond acceptors (Lipinski definition) is 3. The first kappa shape index (κ1) is 16.3. The molecule has 0 aliphatic carbocycles. The highest BCUT2D eigenvalue weighted by Gasteiger charge is 2.34. The lowest BCUT2D eigenvalue weighted by Crippen LogP contribution is -2.33. The van der Waals surface area contributed by atoms with Gasteiger partial charge in [0.05, 0.1) is 12.7 Å². The van der Waals surface area contributed by atoms with Gasteiger partial charge in [0.25, 0.3) is 0 Å². The average Bonchev–Trinajstić information content (AvgIpc) is 2.97. The molecule has 2 rings (SSSR count). The van der Waals surface area contributed by atoms with E-state index >= 15 is 0 Å². The second-order valence-corrected chi connectivity index (χ2v) is 5.71. The second-order valence-electron chi connectivity index (χ2n) is 5.71. The van der Waals surface area contributed by atoms with E-state index < -0.39 is 0 Å². The van der Waals surface area contributed by atoms with Gasteiger partial charge in [0.2, 0.25) is 0 Å². The summed E-state index contributed by atoms with van der Waals surface area (Å²) in [6, 6.07) is 8.88. The van der Waals surface area contributed by atoms with Gasteiger partial charge in [-0.2, -0.15) is 0 Å². The highest BCUT2D eigenvalue weighted by molar-refractivity contribution is 5.31. The van der Waals surface area contributed by atoms with Gasteiger partial charge in [-0.05, 0) is 50.4 Å². The van der Waals surface area contributed by atoms with Crippen molar-refractivity contribution in [1.29, 1.82) is 0 Å². The Morgan fingerprint density at radius 1 is 1.33 bits per heavy atom. The summed E-state index contributed by atoms with van der Waals surface area (Å²) < 4.78 is 11.6. The summed E-state index contributed by atoms with van der Waals surface area (Å²) in [5, 5.41) is 3.73. The number of nitrogens with one attached hydrogen (secondary N) is 1. The minimum Gasteiger partial charge on any atom is -0.494 e. The normalized spacial score (nSPS) is 23.2. The van der Waals surface area contributed by atoms with E-state index in [1.165, 1.54) is 5.56 Å². The van der Waals surface area contributed by atoms with Gasteiger partial charge in [-0.1, -0.05) is 26.0 Å². The molecule has 1 saturated heterocycles. The summed E-state index contributed by atoms with van der Waals surface area (Å²) in [6.07, 6.45) is 3.74. The van der Waals surface area contributed by atoms with Gasteiger partial charge in [0, 0.05) is 18.6 Å². The maximum Gasteiger partial charge on any atom is 0.119 e. The van der Waals surface area contributed by atoms with Crippen LogP contribution in [0.5, 0.6) is 5.75 Å². The standard InChI is InChI=1S/C18H29NO2/c1-4-11-19-18(16-10-12-21-17(16)5-2)14-8-7-9-15(13-14)20-6-3/h7-9,13,16-19H,4-6,10-12H2,1-3H3. The second kappa shape index (κ2) is 8.40. The molecule has 0 spiro atoms. The van der Waals surface area contributed by atoms with Crippen molar-refractivity contribution in [3.8, 4) is 5.75 Å². The fraction of sp³-hybridized carbons (Fsp3) is 0.667. The van der Waals surface area contributed by atoms with Crippen molar-refractivity contribution in [2.75, 3.05) is 19.8 Å². The fourth-order valence-electron chi connectivity index (χ4n) is 3.25. The Labute approximate surface area is 129 Å². The van der Waals surface area contributed by atoms with E-state index in [2.05, 4.69) is 37.4 Å². The third kappa shape index (κ3) is 4.21. The van der Waals surface area contributed by atoms with E-state index in [0.29, 0.717) is 24.7 Å². The number of ether oxygens (including phenoxy) is 2. The molecule has 3 unspecified atom stereocenters. The van der Waals surface area contributed by atoms with Crippen LogP contribution < -0.4 is 10.1 Å². The van der Waals surface area contributed by atoms with Crippen molar-refractivity contribution in [3.05, 3.63) is 29.8 Å². The predicted octanol–water partition coefficient (Wildman–Crippen LogP) is 3.94. The van der Waals surface area contributed by atoms with Gasteiger partial charge in [-0.15, -0.1) is 0 Å². The topological polar surface area (TPSA) is 30.5 Å². The van der Waals surface area contributed by atoms with Crippen LogP contribution in [0, 0.1) is 5.92 Å². The highest BCUT2D eigenvalue weighted by Crippen LogP contribution is 2.35. The summed E-state index contributed by atoms with van der Waals surface area (Å²) in [6.45, 7) is 9.09. The van der Waals surface area contributed by atoms with Crippen LogP contribution in [0.3, 0.4) is 0 Å². The van der Waals surface area contributed by atoms with Crippen LogP contribution in [-0.2, 0) is 4.74 Å². The Morgan fingerprint density at radius 2 is 2.19 bits per heavy atom. The quantitative estimate of drug-likeness (QED) is 0.787. The van der Waals surface area contributed by atoms with Gasteiger partial charge >= 0.3 is 0 Å². The lowest BCUT2D eigenvalue weighted by Gasteiger charge is -2.29. The van der Waals surface area contributed by atoms with E-state index in [0.717, 1.165) is 38.2 Å². The van der Waals surface area contributed by atoms with Gasteiger partial charge in [0.1, 0.15) is 5.75 Å². The van der Waals surface area contributed by atoms with Crippen molar-refractivity contribution in [2.45, 2.75) is 52.2 Å². The summed E-state index contributed by atoms with van der Waals surface area (Å²) in [4.78, 5) is 0. The van der Waals surface area contributed by atoms with E-state index in [4.69, 9.17) is 9.47 Å². The molecule has 0 aromatic heterocycles. The van der Waals surface area contributed by atoms with Crippen molar-refractivity contribution < 1.29 is 9.47 Å². The van der Waals surface area contributed by atoms with Crippen LogP contribution >= 0.6 is 0 Å². The molecule has 1 heterocycles. The van der Waals surface area contributed by atoms with Gasteiger partial charge in [0.15, 0.2) is 0 Å².